The highest BCUT2D eigenvalue weighted by atomic mass is 79.9. The second-order valence-corrected chi connectivity index (χ2v) is 6.37. The number of aromatic nitrogens is 1. The summed E-state index contributed by atoms with van der Waals surface area (Å²) in [4.78, 5) is 0. The molecule has 1 aromatic carbocycles. The Morgan fingerprint density at radius 2 is 2.15 bits per heavy atom. The van der Waals surface area contributed by atoms with Crippen LogP contribution in [0.4, 0.5) is 4.39 Å². The lowest BCUT2D eigenvalue weighted by molar-refractivity contribution is 0.609. The van der Waals surface area contributed by atoms with Crippen molar-refractivity contribution in [2.45, 2.75) is 38.3 Å². The van der Waals surface area contributed by atoms with Crippen molar-refractivity contribution in [3.8, 4) is 0 Å². The molecule has 0 saturated carbocycles. The number of fused-ring (bicyclic) bond motifs is 1. The summed E-state index contributed by atoms with van der Waals surface area (Å²) in [7, 11) is 0. The number of aryl methyl sites for hydroxylation is 1. The SMILES string of the molecule is NC1CCCCc2cn(Cc3ccc(F)c(Br)c3)cc21. The molecular weight excluding hydrogens is 319 g/mol. The van der Waals surface area contributed by atoms with Gasteiger partial charge in [-0.3, -0.25) is 0 Å². The van der Waals surface area contributed by atoms with Crippen LogP contribution in [-0.4, -0.2) is 4.57 Å². The molecule has 0 saturated heterocycles. The van der Waals surface area contributed by atoms with Crippen molar-refractivity contribution in [1.82, 2.24) is 4.57 Å². The van der Waals surface area contributed by atoms with Gasteiger partial charge in [0.05, 0.1) is 4.47 Å². The predicted octanol–water partition coefficient (Wildman–Crippen LogP) is 4.16. The third-order valence-electron chi connectivity index (χ3n) is 3.96. The summed E-state index contributed by atoms with van der Waals surface area (Å²) in [6.45, 7) is 0.749. The summed E-state index contributed by atoms with van der Waals surface area (Å²) >= 11 is 3.23. The number of hydrogen-bond donors (Lipinski definition) is 1. The fourth-order valence-electron chi connectivity index (χ4n) is 2.89. The smallest absolute Gasteiger partial charge is 0.137 e. The lowest BCUT2D eigenvalue weighted by atomic mass is 10.1. The fraction of sp³-hybridized carbons (Fsp3) is 0.375. The van der Waals surface area contributed by atoms with Gasteiger partial charge < -0.3 is 10.3 Å². The van der Waals surface area contributed by atoms with Crippen LogP contribution >= 0.6 is 15.9 Å². The molecule has 4 heteroatoms. The zero-order valence-corrected chi connectivity index (χ0v) is 12.9. The Morgan fingerprint density at radius 3 is 2.95 bits per heavy atom. The molecule has 0 spiro atoms. The molecule has 2 N–H and O–H groups in total. The van der Waals surface area contributed by atoms with Gasteiger partial charge in [-0.15, -0.1) is 0 Å². The van der Waals surface area contributed by atoms with Crippen molar-refractivity contribution in [2.24, 2.45) is 5.73 Å². The van der Waals surface area contributed by atoms with Crippen LogP contribution in [0.15, 0.2) is 35.1 Å². The van der Waals surface area contributed by atoms with E-state index < -0.39 is 0 Å². The van der Waals surface area contributed by atoms with Crippen LogP contribution in [0, 0.1) is 5.82 Å². The van der Waals surface area contributed by atoms with Crippen molar-refractivity contribution >= 4 is 15.9 Å². The molecule has 1 unspecified atom stereocenters. The molecule has 1 atom stereocenters. The first kappa shape index (κ1) is 13.8. The maximum Gasteiger partial charge on any atom is 0.137 e. The van der Waals surface area contributed by atoms with Crippen LogP contribution in [0.2, 0.25) is 0 Å². The normalized spacial score (nSPS) is 18.6. The van der Waals surface area contributed by atoms with Crippen LogP contribution < -0.4 is 5.73 Å². The first-order valence-corrected chi connectivity index (χ1v) is 7.81. The van der Waals surface area contributed by atoms with Crippen LogP contribution in [0.3, 0.4) is 0 Å². The van der Waals surface area contributed by atoms with E-state index in [-0.39, 0.29) is 11.9 Å². The van der Waals surface area contributed by atoms with E-state index in [1.165, 1.54) is 30.0 Å². The molecule has 2 nitrogen and oxygen atoms in total. The van der Waals surface area contributed by atoms with Crippen molar-refractivity contribution in [2.75, 3.05) is 0 Å². The highest BCUT2D eigenvalue weighted by Crippen LogP contribution is 2.28. The van der Waals surface area contributed by atoms with Crippen molar-refractivity contribution < 1.29 is 4.39 Å². The van der Waals surface area contributed by atoms with Gasteiger partial charge >= 0.3 is 0 Å². The van der Waals surface area contributed by atoms with Gasteiger partial charge in [-0.1, -0.05) is 12.5 Å². The number of nitrogens with two attached hydrogens (primary N) is 1. The minimum absolute atomic E-state index is 0.161. The topological polar surface area (TPSA) is 30.9 Å². The third-order valence-corrected chi connectivity index (χ3v) is 4.56. The summed E-state index contributed by atoms with van der Waals surface area (Å²) in [5.74, 6) is -0.223. The molecule has 2 aromatic rings. The molecule has 1 aliphatic carbocycles. The molecule has 3 rings (SSSR count). The molecule has 0 fully saturated rings. The summed E-state index contributed by atoms with van der Waals surface area (Å²) in [6.07, 6.45) is 8.95. The summed E-state index contributed by atoms with van der Waals surface area (Å²) in [5, 5.41) is 0. The number of hydrogen-bond acceptors (Lipinski definition) is 1. The second-order valence-electron chi connectivity index (χ2n) is 5.51. The second kappa shape index (κ2) is 5.70. The van der Waals surface area contributed by atoms with E-state index in [9.17, 15) is 4.39 Å². The summed E-state index contributed by atoms with van der Waals surface area (Å²) in [5.41, 5.74) is 9.96. The molecule has 0 amide bonds. The number of rotatable bonds is 2. The van der Waals surface area contributed by atoms with Gasteiger partial charge in [-0.05, 0) is 64.0 Å². The molecule has 0 bridgehead atoms. The molecular formula is C16H18BrFN2. The lowest BCUT2D eigenvalue weighted by Gasteiger charge is -2.08. The maximum atomic E-state index is 13.2. The first-order valence-electron chi connectivity index (χ1n) is 7.01. The monoisotopic (exact) mass is 336 g/mol. The Kier molecular flexibility index (Phi) is 3.94. The molecule has 0 aliphatic heterocycles. The predicted molar refractivity (Wildman–Crippen MR) is 82.1 cm³/mol. The van der Waals surface area contributed by atoms with Gasteiger partial charge in [-0.2, -0.15) is 0 Å². The van der Waals surface area contributed by atoms with Gasteiger partial charge in [0.1, 0.15) is 5.82 Å². The van der Waals surface area contributed by atoms with Crippen molar-refractivity contribution in [1.29, 1.82) is 0 Å². The third kappa shape index (κ3) is 2.81. The Morgan fingerprint density at radius 1 is 1.30 bits per heavy atom. The van der Waals surface area contributed by atoms with E-state index in [0.717, 1.165) is 24.9 Å². The van der Waals surface area contributed by atoms with Gasteiger partial charge in [-0.25, -0.2) is 4.39 Å². The average molecular weight is 337 g/mol. The highest BCUT2D eigenvalue weighted by Gasteiger charge is 2.17. The summed E-state index contributed by atoms with van der Waals surface area (Å²) < 4.78 is 15.9. The molecule has 1 heterocycles. The van der Waals surface area contributed by atoms with E-state index >= 15 is 0 Å². The summed E-state index contributed by atoms with van der Waals surface area (Å²) in [6, 6.07) is 5.32. The maximum absolute atomic E-state index is 13.2. The lowest BCUT2D eigenvalue weighted by Crippen LogP contribution is -2.09. The Balaban J connectivity index is 1.84. The van der Waals surface area contributed by atoms with Crippen LogP contribution in [0.1, 0.15) is 42.0 Å². The minimum atomic E-state index is -0.223. The zero-order valence-electron chi connectivity index (χ0n) is 11.3. The van der Waals surface area contributed by atoms with Gasteiger partial charge in [0.25, 0.3) is 0 Å². The zero-order chi connectivity index (χ0) is 14.1. The van der Waals surface area contributed by atoms with Crippen LogP contribution in [0.5, 0.6) is 0 Å². The number of nitrogens with zero attached hydrogens (tertiary/aromatic N) is 1. The van der Waals surface area contributed by atoms with Gasteiger partial charge in [0, 0.05) is 25.0 Å². The van der Waals surface area contributed by atoms with E-state index in [2.05, 4.69) is 32.9 Å². The number of benzene rings is 1. The van der Waals surface area contributed by atoms with Crippen LogP contribution in [-0.2, 0) is 13.0 Å². The van der Waals surface area contributed by atoms with Crippen molar-refractivity contribution in [3.05, 3.63) is 57.6 Å². The van der Waals surface area contributed by atoms with E-state index in [1.54, 1.807) is 0 Å². The quantitative estimate of drug-likeness (QED) is 0.820. The largest absolute Gasteiger partial charge is 0.349 e. The molecule has 20 heavy (non-hydrogen) atoms. The standard InChI is InChI=1S/C16H18BrFN2/c17-14-7-11(5-6-15(14)18)8-20-9-12-3-1-2-4-16(19)13(12)10-20/h5-7,9-10,16H,1-4,8,19H2. The highest BCUT2D eigenvalue weighted by molar-refractivity contribution is 9.10. The van der Waals surface area contributed by atoms with E-state index in [0.29, 0.717) is 4.47 Å². The van der Waals surface area contributed by atoms with Gasteiger partial charge in [0.2, 0.25) is 0 Å². The number of halogens is 2. The van der Waals surface area contributed by atoms with Crippen molar-refractivity contribution in [3.63, 3.8) is 0 Å². The minimum Gasteiger partial charge on any atom is -0.349 e. The van der Waals surface area contributed by atoms with E-state index in [4.69, 9.17) is 5.73 Å². The Hall–Kier alpha value is -1.13. The van der Waals surface area contributed by atoms with E-state index in [1.807, 2.05) is 12.1 Å². The average Bonchev–Trinajstić information content (AvgIpc) is 2.74. The van der Waals surface area contributed by atoms with Gasteiger partial charge in [0.15, 0.2) is 0 Å². The molecule has 1 aromatic heterocycles. The molecule has 1 aliphatic rings. The first-order chi connectivity index (χ1) is 9.63. The molecule has 106 valence electrons. The van der Waals surface area contributed by atoms with Crippen LogP contribution in [0.25, 0.3) is 0 Å². The fourth-order valence-corrected chi connectivity index (χ4v) is 3.32. The Labute approximate surface area is 126 Å². The molecule has 0 radical (unpaired) electrons. The Bertz CT molecular complexity index is 621.